The van der Waals surface area contributed by atoms with Crippen LogP contribution in [0.4, 0.5) is 0 Å². The summed E-state index contributed by atoms with van der Waals surface area (Å²) in [4.78, 5) is 12.2. The van der Waals surface area contributed by atoms with E-state index in [0.717, 1.165) is 24.3 Å². The second kappa shape index (κ2) is 5.79. The van der Waals surface area contributed by atoms with Crippen LogP contribution in [0.25, 0.3) is 0 Å². The number of rotatable bonds is 5. The maximum atomic E-state index is 12.2. The van der Waals surface area contributed by atoms with Crippen molar-refractivity contribution in [2.75, 3.05) is 12.9 Å². The highest BCUT2D eigenvalue weighted by atomic mass is 32.2. The van der Waals surface area contributed by atoms with Gasteiger partial charge in [0.25, 0.3) is 0 Å². The van der Waals surface area contributed by atoms with Crippen molar-refractivity contribution in [2.45, 2.75) is 37.4 Å². The minimum Gasteiger partial charge on any atom is -0.497 e. The first-order valence-corrected chi connectivity index (χ1v) is 7.43. The fourth-order valence-electron chi connectivity index (χ4n) is 2.31. The zero-order chi connectivity index (χ0) is 13.0. The van der Waals surface area contributed by atoms with E-state index in [9.17, 15) is 4.79 Å². The molecule has 0 bridgehead atoms. The first-order chi connectivity index (χ1) is 8.64. The summed E-state index contributed by atoms with van der Waals surface area (Å²) in [7, 11) is 1.66. The summed E-state index contributed by atoms with van der Waals surface area (Å²) in [5.74, 6) is 2.40. The SMILES string of the molecule is COc1ccc(CCC(=O)C2(C)CCCS2)cc1. The topological polar surface area (TPSA) is 26.3 Å². The van der Waals surface area contributed by atoms with Gasteiger partial charge in [-0.15, -0.1) is 11.8 Å². The predicted molar refractivity (Wildman–Crippen MR) is 76.4 cm³/mol. The van der Waals surface area contributed by atoms with Gasteiger partial charge in [-0.05, 0) is 49.6 Å². The number of carbonyl (C=O) groups is 1. The molecule has 1 aliphatic rings. The monoisotopic (exact) mass is 264 g/mol. The van der Waals surface area contributed by atoms with E-state index in [1.165, 1.54) is 12.0 Å². The van der Waals surface area contributed by atoms with E-state index in [4.69, 9.17) is 4.74 Å². The molecule has 1 aliphatic heterocycles. The van der Waals surface area contributed by atoms with E-state index in [1.54, 1.807) is 7.11 Å². The van der Waals surface area contributed by atoms with Gasteiger partial charge in [0, 0.05) is 6.42 Å². The third-order valence-corrected chi connectivity index (χ3v) is 5.17. The van der Waals surface area contributed by atoms with Crippen LogP contribution >= 0.6 is 11.8 Å². The molecule has 2 nitrogen and oxygen atoms in total. The highest BCUT2D eigenvalue weighted by molar-refractivity contribution is 8.01. The molecule has 1 saturated heterocycles. The summed E-state index contributed by atoms with van der Waals surface area (Å²) in [6.45, 7) is 2.10. The van der Waals surface area contributed by atoms with Gasteiger partial charge >= 0.3 is 0 Å². The van der Waals surface area contributed by atoms with Crippen LogP contribution in [0.5, 0.6) is 5.75 Å². The predicted octanol–water partition coefficient (Wildman–Crippen LogP) is 3.48. The number of aryl methyl sites for hydroxylation is 1. The van der Waals surface area contributed by atoms with Crippen molar-refractivity contribution in [3.8, 4) is 5.75 Å². The molecule has 18 heavy (non-hydrogen) atoms. The summed E-state index contributed by atoms with van der Waals surface area (Å²) in [6.07, 6.45) is 3.70. The Morgan fingerprint density at radius 1 is 1.39 bits per heavy atom. The number of benzene rings is 1. The van der Waals surface area contributed by atoms with Crippen LogP contribution in [0.1, 0.15) is 31.7 Å². The van der Waals surface area contributed by atoms with Crippen molar-refractivity contribution < 1.29 is 9.53 Å². The van der Waals surface area contributed by atoms with Crippen LogP contribution < -0.4 is 4.74 Å². The molecule has 0 aliphatic carbocycles. The maximum absolute atomic E-state index is 12.2. The second-order valence-electron chi connectivity index (χ2n) is 4.95. The van der Waals surface area contributed by atoms with Crippen molar-refractivity contribution in [1.29, 1.82) is 0 Å². The fourth-order valence-corrected chi connectivity index (χ4v) is 3.60. The van der Waals surface area contributed by atoms with Crippen molar-refractivity contribution in [1.82, 2.24) is 0 Å². The molecule has 2 rings (SSSR count). The van der Waals surface area contributed by atoms with Gasteiger partial charge in [0.05, 0.1) is 11.9 Å². The van der Waals surface area contributed by atoms with Gasteiger partial charge in [0.1, 0.15) is 11.5 Å². The van der Waals surface area contributed by atoms with Crippen LogP contribution in [0.3, 0.4) is 0 Å². The Morgan fingerprint density at radius 2 is 2.11 bits per heavy atom. The summed E-state index contributed by atoms with van der Waals surface area (Å²) < 4.78 is 5.00. The number of carbonyl (C=O) groups excluding carboxylic acids is 1. The van der Waals surface area contributed by atoms with Crippen molar-refractivity contribution in [2.24, 2.45) is 0 Å². The van der Waals surface area contributed by atoms with Crippen molar-refractivity contribution in [3.05, 3.63) is 29.8 Å². The number of hydrogen-bond acceptors (Lipinski definition) is 3. The summed E-state index contributed by atoms with van der Waals surface area (Å²) >= 11 is 1.82. The molecular weight excluding hydrogens is 244 g/mol. The summed E-state index contributed by atoms with van der Waals surface area (Å²) in [5.41, 5.74) is 1.20. The first-order valence-electron chi connectivity index (χ1n) is 6.44. The Labute approximate surface area is 113 Å². The molecule has 0 N–H and O–H groups in total. The molecule has 1 fully saturated rings. The van der Waals surface area contributed by atoms with E-state index in [-0.39, 0.29) is 4.75 Å². The minimum atomic E-state index is -0.119. The molecule has 0 spiro atoms. The van der Waals surface area contributed by atoms with Crippen LogP contribution in [0.15, 0.2) is 24.3 Å². The van der Waals surface area contributed by atoms with Gasteiger partial charge in [0.2, 0.25) is 0 Å². The molecule has 1 aromatic rings. The van der Waals surface area contributed by atoms with E-state index in [2.05, 4.69) is 6.92 Å². The van der Waals surface area contributed by atoms with Gasteiger partial charge in [-0.3, -0.25) is 4.79 Å². The van der Waals surface area contributed by atoms with Gasteiger partial charge in [-0.2, -0.15) is 0 Å². The number of methoxy groups -OCH3 is 1. The first kappa shape index (κ1) is 13.5. The van der Waals surface area contributed by atoms with Gasteiger partial charge < -0.3 is 4.74 Å². The fraction of sp³-hybridized carbons (Fsp3) is 0.533. The normalized spacial score (nSPS) is 23.0. The lowest BCUT2D eigenvalue weighted by molar-refractivity contribution is -0.121. The van der Waals surface area contributed by atoms with Crippen molar-refractivity contribution >= 4 is 17.5 Å². The van der Waals surface area contributed by atoms with Crippen LogP contribution in [0.2, 0.25) is 0 Å². The number of ether oxygens (including phenoxy) is 1. The van der Waals surface area contributed by atoms with Gasteiger partial charge in [-0.1, -0.05) is 12.1 Å². The van der Waals surface area contributed by atoms with Crippen LogP contribution in [-0.4, -0.2) is 23.4 Å². The quantitative estimate of drug-likeness (QED) is 0.814. The van der Waals surface area contributed by atoms with E-state index >= 15 is 0 Å². The molecule has 98 valence electrons. The van der Waals surface area contributed by atoms with E-state index < -0.39 is 0 Å². The standard InChI is InChI=1S/C15H20O2S/c1-15(10-3-11-18-15)14(16)9-6-12-4-7-13(17-2)8-5-12/h4-5,7-8H,3,6,9-11H2,1-2H3. The molecular formula is C15H20O2S. The number of thioether (sulfide) groups is 1. The van der Waals surface area contributed by atoms with E-state index in [1.807, 2.05) is 36.0 Å². The summed E-state index contributed by atoms with van der Waals surface area (Å²) in [6, 6.07) is 7.98. The Kier molecular flexibility index (Phi) is 4.33. The van der Waals surface area contributed by atoms with Crippen molar-refractivity contribution in [3.63, 3.8) is 0 Å². The third-order valence-electron chi connectivity index (χ3n) is 3.61. The van der Waals surface area contributed by atoms with Gasteiger partial charge in [-0.25, -0.2) is 0 Å². The van der Waals surface area contributed by atoms with Crippen LogP contribution in [-0.2, 0) is 11.2 Å². The van der Waals surface area contributed by atoms with Crippen LogP contribution in [0, 0.1) is 0 Å². The number of ketones is 1. The molecule has 1 unspecified atom stereocenters. The molecule has 0 amide bonds. The molecule has 0 saturated carbocycles. The van der Waals surface area contributed by atoms with Gasteiger partial charge in [0.15, 0.2) is 0 Å². The number of hydrogen-bond donors (Lipinski definition) is 0. The lowest BCUT2D eigenvalue weighted by Crippen LogP contribution is -2.28. The summed E-state index contributed by atoms with van der Waals surface area (Å²) in [5, 5.41) is 0. The zero-order valence-electron chi connectivity index (χ0n) is 11.1. The second-order valence-corrected chi connectivity index (χ2v) is 6.55. The average Bonchev–Trinajstić information content (AvgIpc) is 2.85. The third kappa shape index (κ3) is 3.08. The molecule has 1 aromatic carbocycles. The Morgan fingerprint density at radius 3 is 2.67 bits per heavy atom. The average molecular weight is 264 g/mol. The number of Topliss-reactive ketones (excluding diaryl/α,β-unsaturated/α-hetero) is 1. The lowest BCUT2D eigenvalue weighted by Gasteiger charge is -2.20. The smallest absolute Gasteiger partial charge is 0.148 e. The maximum Gasteiger partial charge on any atom is 0.148 e. The Balaban J connectivity index is 1.88. The molecule has 0 radical (unpaired) electrons. The largest absolute Gasteiger partial charge is 0.497 e. The zero-order valence-corrected chi connectivity index (χ0v) is 11.9. The highest BCUT2D eigenvalue weighted by Crippen LogP contribution is 2.39. The minimum absolute atomic E-state index is 0.119. The Hall–Kier alpha value is -0.960. The Bertz CT molecular complexity index is 405. The van der Waals surface area contributed by atoms with E-state index in [0.29, 0.717) is 12.2 Å². The molecule has 1 heterocycles. The highest BCUT2D eigenvalue weighted by Gasteiger charge is 2.36. The molecule has 3 heteroatoms. The molecule has 1 atom stereocenters. The lowest BCUT2D eigenvalue weighted by atomic mass is 9.95. The molecule has 0 aromatic heterocycles.